The molecule has 0 N–H and O–H groups in total. The predicted molar refractivity (Wildman–Crippen MR) is 84.8 cm³/mol. The molecule has 2 aromatic rings. The summed E-state index contributed by atoms with van der Waals surface area (Å²) < 4.78 is 5.36. The Kier molecular flexibility index (Phi) is 5.01. The highest BCUT2D eigenvalue weighted by Crippen LogP contribution is 2.20. The van der Waals surface area contributed by atoms with Gasteiger partial charge in [-0.1, -0.05) is 6.07 Å². The highest BCUT2D eigenvalue weighted by atomic mass is 16.3. The Balaban J connectivity index is 1.50. The SMILES string of the molecule is O=C(c1ccccn1)[C@H]1CCCN(CCCc2ccco2)C1. The van der Waals surface area contributed by atoms with Crippen LogP contribution in [0.2, 0.25) is 0 Å². The third-order valence-corrected chi connectivity index (χ3v) is 4.27. The summed E-state index contributed by atoms with van der Waals surface area (Å²) in [6, 6.07) is 9.49. The number of aromatic nitrogens is 1. The Hall–Kier alpha value is -1.94. The molecule has 0 aromatic carbocycles. The first kappa shape index (κ1) is 15.0. The Morgan fingerprint density at radius 2 is 2.27 bits per heavy atom. The van der Waals surface area contributed by atoms with Crippen molar-refractivity contribution < 1.29 is 9.21 Å². The van der Waals surface area contributed by atoms with Gasteiger partial charge < -0.3 is 9.32 Å². The van der Waals surface area contributed by atoms with Crippen molar-refractivity contribution in [1.29, 1.82) is 0 Å². The van der Waals surface area contributed by atoms with Gasteiger partial charge in [-0.05, 0) is 56.6 Å². The number of piperidine rings is 1. The van der Waals surface area contributed by atoms with E-state index in [9.17, 15) is 4.79 Å². The summed E-state index contributed by atoms with van der Waals surface area (Å²) in [5.74, 6) is 1.32. The number of aryl methyl sites for hydroxylation is 1. The van der Waals surface area contributed by atoms with Gasteiger partial charge in [0.1, 0.15) is 11.5 Å². The first-order valence-corrected chi connectivity index (χ1v) is 8.03. The van der Waals surface area contributed by atoms with Crippen LogP contribution in [0.25, 0.3) is 0 Å². The maximum absolute atomic E-state index is 12.5. The molecule has 0 aliphatic carbocycles. The third-order valence-electron chi connectivity index (χ3n) is 4.27. The van der Waals surface area contributed by atoms with Crippen LogP contribution in [-0.4, -0.2) is 35.3 Å². The molecule has 1 atom stereocenters. The van der Waals surface area contributed by atoms with E-state index in [2.05, 4.69) is 9.88 Å². The van der Waals surface area contributed by atoms with Gasteiger partial charge in [0.05, 0.1) is 6.26 Å². The van der Waals surface area contributed by atoms with Gasteiger partial charge in [-0.2, -0.15) is 0 Å². The fraction of sp³-hybridized carbons (Fsp3) is 0.444. The number of hydrogen-bond donors (Lipinski definition) is 0. The van der Waals surface area contributed by atoms with Crippen LogP contribution in [-0.2, 0) is 6.42 Å². The summed E-state index contributed by atoms with van der Waals surface area (Å²) in [6.45, 7) is 2.96. The molecule has 3 heterocycles. The van der Waals surface area contributed by atoms with E-state index < -0.39 is 0 Å². The van der Waals surface area contributed by atoms with Crippen LogP contribution < -0.4 is 0 Å². The topological polar surface area (TPSA) is 46.3 Å². The van der Waals surface area contributed by atoms with Crippen molar-refractivity contribution in [2.75, 3.05) is 19.6 Å². The molecule has 22 heavy (non-hydrogen) atoms. The van der Waals surface area contributed by atoms with Crippen LogP contribution in [0.3, 0.4) is 0 Å². The minimum atomic E-state index is 0.0901. The first-order valence-electron chi connectivity index (χ1n) is 8.03. The molecule has 0 spiro atoms. The molecule has 1 aliphatic rings. The van der Waals surface area contributed by atoms with Crippen molar-refractivity contribution >= 4 is 5.78 Å². The van der Waals surface area contributed by atoms with Gasteiger partial charge >= 0.3 is 0 Å². The second-order valence-corrected chi connectivity index (χ2v) is 5.90. The minimum Gasteiger partial charge on any atom is -0.469 e. The molecule has 1 saturated heterocycles. The van der Waals surface area contributed by atoms with Crippen molar-refractivity contribution in [3.63, 3.8) is 0 Å². The second kappa shape index (κ2) is 7.36. The molecule has 0 unspecified atom stereocenters. The van der Waals surface area contributed by atoms with E-state index in [1.54, 1.807) is 12.5 Å². The number of hydrogen-bond acceptors (Lipinski definition) is 4. The first-order chi connectivity index (χ1) is 10.8. The van der Waals surface area contributed by atoms with E-state index in [0.29, 0.717) is 5.69 Å². The predicted octanol–water partition coefficient (Wildman–Crippen LogP) is 3.20. The van der Waals surface area contributed by atoms with Crippen molar-refractivity contribution in [1.82, 2.24) is 9.88 Å². The average Bonchev–Trinajstić information content (AvgIpc) is 3.09. The number of pyridine rings is 1. The van der Waals surface area contributed by atoms with E-state index in [-0.39, 0.29) is 11.7 Å². The van der Waals surface area contributed by atoms with Crippen molar-refractivity contribution in [2.45, 2.75) is 25.7 Å². The number of furan rings is 1. The average molecular weight is 298 g/mol. The summed E-state index contributed by atoms with van der Waals surface area (Å²) >= 11 is 0. The van der Waals surface area contributed by atoms with E-state index in [0.717, 1.165) is 51.1 Å². The molecule has 1 fully saturated rings. The van der Waals surface area contributed by atoms with E-state index >= 15 is 0 Å². The molecule has 116 valence electrons. The lowest BCUT2D eigenvalue weighted by molar-refractivity contribution is 0.0813. The maximum atomic E-state index is 12.5. The summed E-state index contributed by atoms with van der Waals surface area (Å²) in [4.78, 5) is 19.1. The normalized spacial score (nSPS) is 19.2. The van der Waals surface area contributed by atoms with Crippen LogP contribution in [0.5, 0.6) is 0 Å². The van der Waals surface area contributed by atoms with Gasteiger partial charge in [0.25, 0.3) is 0 Å². The largest absolute Gasteiger partial charge is 0.469 e. The van der Waals surface area contributed by atoms with Crippen molar-refractivity contribution in [3.05, 3.63) is 54.2 Å². The molecule has 2 aromatic heterocycles. The Morgan fingerprint density at radius 1 is 1.32 bits per heavy atom. The van der Waals surface area contributed by atoms with Gasteiger partial charge in [0.15, 0.2) is 5.78 Å². The molecule has 3 rings (SSSR count). The lowest BCUT2D eigenvalue weighted by atomic mass is 9.92. The molecule has 4 nitrogen and oxygen atoms in total. The number of carbonyl (C=O) groups is 1. The van der Waals surface area contributed by atoms with Gasteiger partial charge in [-0.3, -0.25) is 9.78 Å². The van der Waals surface area contributed by atoms with E-state index in [1.807, 2.05) is 30.3 Å². The van der Waals surface area contributed by atoms with Crippen LogP contribution in [0.15, 0.2) is 47.2 Å². The summed E-state index contributed by atoms with van der Waals surface area (Å²) in [5, 5.41) is 0. The number of rotatable bonds is 6. The molecule has 1 aliphatic heterocycles. The van der Waals surface area contributed by atoms with Crippen molar-refractivity contribution in [3.8, 4) is 0 Å². The summed E-state index contributed by atoms with van der Waals surface area (Å²) in [6.07, 6.45) is 7.50. The Morgan fingerprint density at radius 3 is 3.05 bits per heavy atom. The van der Waals surface area contributed by atoms with Crippen molar-refractivity contribution in [2.24, 2.45) is 5.92 Å². The zero-order valence-electron chi connectivity index (χ0n) is 12.8. The minimum absolute atomic E-state index is 0.0901. The van der Waals surface area contributed by atoms with Crippen LogP contribution >= 0.6 is 0 Å². The monoisotopic (exact) mass is 298 g/mol. The van der Waals surface area contributed by atoms with Crippen LogP contribution in [0.1, 0.15) is 35.5 Å². The van der Waals surface area contributed by atoms with Gasteiger partial charge in [0, 0.05) is 25.1 Å². The fourth-order valence-corrected chi connectivity index (χ4v) is 3.12. The van der Waals surface area contributed by atoms with Gasteiger partial charge in [-0.15, -0.1) is 0 Å². The highest BCUT2D eigenvalue weighted by molar-refractivity contribution is 5.96. The summed E-state index contributed by atoms with van der Waals surface area (Å²) in [5.41, 5.74) is 0.602. The quantitative estimate of drug-likeness (QED) is 0.768. The molecule has 0 bridgehead atoms. The third kappa shape index (κ3) is 3.83. The van der Waals surface area contributed by atoms with Gasteiger partial charge in [-0.25, -0.2) is 0 Å². The zero-order chi connectivity index (χ0) is 15.2. The molecular formula is C18H22N2O2. The van der Waals surface area contributed by atoms with Crippen LogP contribution in [0, 0.1) is 5.92 Å². The molecule has 0 amide bonds. The second-order valence-electron chi connectivity index (χ2n) is 5.90. The Bertz CT molecular complexity index is 580. The van der Waals surface area contributed by atoms with E-state index in [1.165, 1.54) is 0 Å². The smallest absolute Gasteiger partial charge is 0.185 e. The maximum Gasteiger partial charge on any atom is 0.185 e. The highest BCUT2D eigenvalue weighted by Gasteiger charge is 2.26. The zero-order valence-corrected chi connectivity index (χ0v) is 12.8. The molecule has 4 heteroatoms. The lowest BCUT2D eigenvalue weighted by Gasteiger charge is -2.31. The summed E-state index contributed by atoms with van der Waals surface area (Å²) in [7, 11) is 0. The standard InChI is InChI=1S/C18H22N2O2/c21-18(17-9-1-2-10-19-17)15-6-3-11-20(14-15)12-4-7-16-8-5-13-22-16/h1-2,5,8-10,13,15H,3-4,6-7,11-12,14H2/t15-/m0/s1. The Labute approximate surface area is 131 Å². The molecule has 0 saturated carbocycles. The van der Waals surface area contributed by atoms with E-state index in [4.69, 9.17) is 4.42 Å². The lowest BCUT2D eigenvalue weighted by Crippen LogP contribution is -2.39. The van der Waals surface area contributed by atoms with Gasteiger partial charge in [0.2, 0.25) is 0 Å². The molecular weight excluding hydrogens is 276 g/mol. The van der Waals surface area contributed by atoms with Crippen LogP contribution in [0.4, 0.5) is 0 Å². The fourth-order valence-electron chi connectivity index (χ4n) is 3.12. The number of carbonyl (C=O) groups excluding carboxylic acids is 1. The molecule has 0 radical (unpaired) electrons. The number of nitrogens with zero attached hydrogens (tertiary/aromatic N) is 2. The number of Topliss-reactive ketones (excluding diaryl/α,β-unsaturated/α-hetero) is 1. The number of likely N-dealkylation sites (tertiary alicyclic amines) is 1. The number of ketones is 1.